The summed E-state index contributed by atoms with van der Waals surface area (Å²) in [4.78, 5) is 35.2. The van der Waals surface area contributed by atoms with E-state index >= 15 is 0 Å². The number of carbonyl (C=O) groups is 3. The van der Waals surface area contributed by atoms with Gasteiger partial charge in [0.05, 0.1) is 18.0 Å². The molecule has 0 saturated carbocycles. The largest absolute Gasteiger partial charge is 0.447 e. The lowest BCUT2D eigenvalue weighted by molar-refractivity contribution is -0.116. The molecule has 0 saturated heterocycles. The summed E-state index contributed by atoms with van der Waals surface area (Å²) in [6, 6.07) is 11.9. The SMILES string of the molecule is COCCOC(=O)Nc1cccc(NC(=O)CN(C)S(=O)(=O)c2ccc(NC(C)=O)cc2)c1. The number of likely N-dealkylation sites (N-methyl/N-ethyl adjacent to an activating group) is 1. The first-order chi connectivity index (χ1) is 15.6. The zero-order valence-corrected chi connectivity index (χ0v) is 19.3. The van der Waals surface area contributed by atoms with Crippen LogP contribution in [0.25, 0.3) is 0 Å². The van der Waals surface area contributed by atoms with Crippen LogP contribution >= 0.6 is 0 Å². The zero-order chi connectivity index (χ0) is 24.4. The first-order valence-electron chi connectivity index (χ1n) is 9.78. The fourth-order valence-corrected chi connectivity index (χ4v) is 3.75. The molecule has 0 radical (unpaired) electrons. The van der Waals surface area contributed by atoms with E-state index in [0.29, 0.717) is 17.1 Å². The van der Waals surface area contributed by atoms with Crippen molar-refractivity contribution in [2.75, 3.05) is 49.9 Å². The molecule has 0 aromatic heterocycles. The maximum absolute atomic E-state index is 12.7. The average molecular weight is 479 g/mol. The van der Waals surface area contributed by atoms with Crippen molar-refractivity contribution < 1.29 is 32.3 Å². The summed E-state index contributed by atoms with van der Waals surface area (Å²) >= 11 is 0. The van der Waals surface area contributed by atoms with Crippen molar-refractivity contribution in [3.05, 3.63) is 48.5 Å². The van der Waals surface area contributed by atoms with Gasteiger partial charge in [-0.15, -0.1) is 0 Å². The van der Waals surface area contributed by atoms with Gasteiger partial charge in [0.2, 0.25) is 21.8 Å². The summed E-state index contributed by atoms with van der Waals surface area (Å²) < 4.78 is 36.1. The Hall–Kier alpha value is -3.48. The predicted octanol–water partition coefficient (Wildman–Crippen LogP) is 2.10. The fraction of sp³-hybridized carbons (Fsp3) is 0.286. The molecule has 0 unspecified atom stereocenters. The van der Waals surface area contributed by atoms with Gasteiger partial charge in [0, 0.05) is 38.1 Å². The Morgan fingerprint density at radius 2 is 1.55 bits per heavy atom. The third-order valence-corrected chi connectivity index (χ3v) is 5.98. The standard InChI is InChI=1S/C21H26N4O7S/c1-15(26)22-16-7-9-19(10-8-16)33(29,30)25(2)14-20(27)23-17-5-4-6-18(13-17)24-21(28)32-12-11-31-3/h4-10,13H,11-12,14H2,1-3H3,(H,22,26)(H,23,27)(H,24,28). The normalized spacial score (nSPS) is 11.0. The van der Waals surface area contributed by atoms with Gasteiger partial charge in [-0.25, -0.2) is 13.2 Å². The maximum atomic E-state index is 12.7. The fourth-order valence-electron chi connectivity index (χ4n) is 2.63. The number of nitrogens with one attached hydrogen (secondary N) is 3. The number of hydrogen-bond donors (Lipinski definition) is 3. The van der Waals surface area contributed by atoms with Gasteiger partial charge in [-0.3, -0.25) is 14.9 Å². The molecule has 0 aliphatic rings. The monoisotopic (exact) mass is 478 g/mol. The Morgan fingerprint density at radius 3 is 2.15 bits per heavy atom. The van der Waals surface area contributed by atoms with E-state index in [1.807, 2.05) is 0 Å². The molecule has 2 rings (SSSR count). The quantitative estimate of drug-likeness (QED) is 0.444. The summed E-state index contributed by atoms with van der Waals surface area (Å²) in [6.07, 6.45) is -0.675. The van der Waals surface area contributed by atoms with Crippen LogP contribution in [-0.2, 0) is 29.1 Å². The molecule has 2 aromatic rings. The summed E-state index contributed by atoms with van der Waals surface area (Å²) in [5, 5.41) is 7.66. The maximum Gasteiger partial charge on any atom is 0.411 e. The molecule has 0 spiro atoms. The van der Waals surface area contributed by atoms with Crippen LogP contribution in [0.4, 0.5) is 21.9 Å². The summed E-state index contributed by atoms with van der Waals surface area (Å²) in [5.74, 6) is -0.850. The second-order valence-electron chi connectivity index (χ2n) is 6.85. The molecule has 12 heteroatoms. The van der Waals surface area contributed by atoms with Crippen LogP contribution in [0.2, 0.25) is 0 Å². The number of amides is 3. The van der Waals surface area contributed by atoms with Crippen LogP contribution in [0.15, 0.2) is 53.4 Å². The molecule has 0 aliphatic carbocycles. The number of nitrogens with zero attached hydrogens (tertiary/aromatic N) is 1. The first kappa shape index (κ1) is 25.8. The molecule has 0 heterocycles. The van der Waals surface area contributed by atoms with E-state index in [1.165, 1.54) is 51.4 Å². The highest BCUT2D eigenvalue weighted by Crippen LogP contribution is 2.19. The zero-order valence-electron chi connectivity index (χ0n) is 18.5. The lowest BCUT2D eigenvalue weighted by Gasteiger charge is -2.17. The molecule has 0 fully saturated rings. The van der Waals surface area contributed by atoms with Gasteiger partial charge in [-0.1, -0.05) is 6.07 Å². The van der Waals surface area contributed by atoms with E-state index in [1.54, 1.807) is 18.2 Å². The Bertz CT molecular complexity index is 1090. The van der Waals surface area contributed by atoms with Crippen LogP contribution in [0.1, 0.15) is 6.92 Å². The molecule has 0 atom stereocenters. The second kappa shape index (κ2) is 11.9. The summed E-state index contributed by atoms with van der Waals surface area (Å²) in [7, 11) is -1.16. The Balaban J connectivity index is 1.96. The van der Waals surface area contributed by atoms with E-state index in [0.717, 1.165) is 4.31 Å². The topological polar surface area (TPSA) is 143 Å². The summed E-state index contributed by atoms with van der Waals surface area (Å²) in [6.45, 7) is 1.26. The Kier molecular flexibility index (Phi) is 9.33. The minimum absolute atomic E-state index is 0.0231. The van der Waals surface area contributed by atoms with Crippen molar-refractivity contribution in [2.45, 2.75) is 11.8 Å². The van der Waals surface area contributed by atoms with Crippen LogP contribution in [-0.4, -0.2) is 64.5 Å². The minimum Gasteiger partial charge on any atom is -0.447 e. The molecule has 0 aliphatic heterocycles. The van der Waals surface area contributed by atoms with Gasteiger partial charge in [0.25, 0.3) is 0 Å². The van der Waals surface area contributed by atoms with Gasteiger partial charge in [-0.2, -0.15) is 4.31 Å². The lowest BCUT2D eigenvalue weighted by Crippen LogP contribution is -2.35. The van der Waals surface area contributed by atoms with Gasteiger partial charge in [0.1, 0.15) is 6.61 Å². The van der Waals surface area contributed by atoms with E-state index in [4.69, 9.17) is 9.47 Å². The highest BCUT2D eigenvalue weighted by atomic mass is 32.2. The predicted molar refractivity (Wildman–Crippen MR) is 122 cm³/mol. The molecule has 0 bridgehead atoms. The van der Waals surface area contributed by atoms with Gasteiger partial charge in [-0.05, 0) is 42.5 Å². The van der Waals surface area contributed by atoms with Crippen molar-refractivity contribution in [3.63, 3.8) is 0 Å². The van der Waals surface area contributed by atoms with Gasteiger partial charge < -0.3 is 20.1 Å². The molecule has 11 nitrogen and oxygen atoms in total. The van der Waals surface area contributed by atoms with Crippen LogP contribution in [0, 0.1) is 0 Å². The van der Waals surface area contributed by atoms with Crippen LogP contribution in [0.5, 0.6) is 0 Å². The molecule has 178 valence electrons. The number of rotatable bonds is 10. The lowest BCUT2D eigenvalue weighted by atomic mass is 10.2. The number of ether oxygens (including phenoxy) is 2. The van der Waals surface area contributed by atoms with Gasteiger partial charge >= 0.3 is 6.09 Å². The van der Waals surface area contributed by atoms with Crippen molar-refractivity contribution in [3.8, 4) is 0 Å². The number of anilines is 3. The minimum atomic E-state index is -3.93. The van der Waals surface area contributed by atoms with E-state index in [2.05, 4.69) is 16.0 Å². The molecule has 33 heavy (non-hydrogen) atoms. The molecule has 2 aromatic carbocycles. The number of sulfonamides is 1. The molecular weight excluding hydrogens is 452 g/mol. The molecular formula is C21H26N4O7S. The third kappa shape index (κ3) is 8.18. The number of methoxy groups -OCH3 is 1. The number of benzene rings is 2. The number of hydrogen-bond acceptors (Lipinski definition) is 7. The molecule has 3 N–H and O–H groups in total. The Labute approximate surface area is 192 Å². The smallest absolute Gasteiger partial charge is 0.411 e. The van der Waals surface area contributed by atoms with Gasteiger partial charge in [0.15, 0.2) is 0 Å². The van der Waals surface area contributed by atoms with E-state index in [-0.39, 0.29) is 24.0 Å². The van der Waals surface area contributed by atoms with Crippen molar-refractivity contribution >= 4 is 45.0 Å². The first-order valence-corrected chi connectivity index (χ1v) is 11.2. The third-order valence-electron chi connectivity index (χ3n) is 4.16. The van der Waals surface area contributed by atoms with E-state index < -0.39 is 28.6 Å². The van der Waals surface area contributed by atoms with Crippen molar-refractivity contribution in [1.82, 2.24) is 4.31 Å². The average Bonchev–Trinajstić information content (AvgIpc) is 2.74. The Morgan fingerprint density at radius 1 is 0.909 bits per heavy atom. The molecule has 3 amide bonds. The highest BCUT2D eigenvalue weighted by Gasteiger charge is 2.23. The van der Waals surface area contributed by atoms with Crippen LogP contribution < -0.4 is 16.0 Å². The van der Waals surface area contributed by atoms with E-state index in [9.17, 15) is 22.8 Å². The van der Waals surface area contributed by atoms with Crippen LogP contribution in [0.3, 0.4) is 0 Å². The summed E-state index contributed by atoms with van der Waals surface area (Å²) in [5.41, 5.74) is 1.20. The second-order valence-corrected chi connectivity index (χ2v) is 8.89. The number of carbonyl (C=O) groups excluding carboxylic acids is 3. The van der Waals surface area contributed by atoms with Crippen molar-refractivity contribution in [2.24, 2.45) is 0 Å². The highest BCUT2D eigenvalue weighted by molar-refractivity contribution is 7.89. The van der Waals surface area contributed by atoms with Crippen molar-refractivity contribution in [1.29, 1.82) is 0 Å².